The Hall–Kier alpha value is -1.49. The molecule has 3 rings (SSSR count). The minimum Gasteiger partial charge on any atom is -0.395 e. The van der Waals surface area contributed by atoms with Crippen LogP contribution >= 0.6 is 11.3 Å². The molecule has 1 aromatic heterocycles. The molecule has 0 amide bonds. The van der Waals surface area contributed by atoms with E-state index in [1.54, 1.807) is 11.4 Å². The van der Waals surface area contributed by atoms with Crippen LogP contribution < -0.4 is 0 Å². The maximum absolute atomic E-state index is 13.8. The highest BCUT2D eigenvalue weighted by Crippen LogP contribution is 2.32. The summed E-state index contributed by atoms with van der Waals surface area (Å²) in [6, 6.07) is 12.2. The van der Waals surface area contributed by atoms with Crippen molar-refractivity contribution in [3.63, 3.8) is 0 Å². The van der Waals surface area contributed by atoms with Gasteiger partial charge in [-0.1, -0.05) is 42.0 Å². The predicted molar refractivity (Wildman–Crippen MR) is 88.5 cm³/mol. The van der Waals surface area contributed by atoms with Crippen LogP contribution in [0.5, 0.6) is 0 Å². The summed E-state index contributed by atoms with van der Waals surface area (Å²) in [6.45, 7) is 2.70. The van der Waals surface area contributed by atoms with Gasteiger partial charge in [-0.15, -0.1) is 11.3 Å². The number of rotatable bonds is 5. The molecular weight excluding hydrogens is 297 g/mol. The number of aliphatic hydroxyl groups excluding tert-OH is 1. The summed E-state index contributed by atoms with van der Waals surface area (Å²) in [7, 11) is 0. The second-order valence-electron chi connectivity index (χ2n) is 5.63. The molecule has 1 N–H and O–H groups in total. The lowest BCUT2D eigenvalue weighted by atomic mass is 9.89. The Morgan fingerprint density at radius 1 is 1.23 bits per heavy atom. The minimum absolute atomic E-state index is 0.0296. The Balaban J connectivity index is 1.66. The van der Waals surface area contributed by atoms with Crippen LogP contribution in [-0.2, 0) is 6.54 Å². The van der Waals surface area contributed by atoms with Crippen LogP contribution in [0.1, 0.15) is 23.5 Å². The van der Waals surface area contributed by atoms with Crippen LogP contribution in [0.2, 0.25) is 0 Å². The summed E-state index contributed by atoms with van der Waals surface area (Å²) in [4.78, 5) is 2.37. The smallest absolute Gasteiger partial charge is 0.180 e. The van der Waals surface area contributed by atoms with Gasteiger partial charge >= 0.3 is 0 Å². The highest BCUT2D eigenvalue weighted by atomic mass is 32.1. The monoisotopic (exact) mass is 317 g/mol. The Kier molecular flexibility index (Phi) is 5.03. The van der Waals surface area contributed by atoms with Gasteiger partial charge in [-0.25, -0.2) is 0 Å². The standard InChI is InChI=1S/C18H20FNOS/c19-18-16(8-11-22-18)17(13-21)15-6-9-20(10-7-15)12-14-4-2-1-3-5-14/h1-6,8,11,17,21H,7,9-10,12-13H2. The first-order chi connectivity index (χ1) is 10.8. The molecule has 1 atom stereocenters. The third-order valence-corrected chi connectivity index (χ3v) is 4.94. The van der Waals surface area contributed by atoms with Crippen molar-refractivity contribution in [2.45, 2.75) is 18.9 Å². The predicted octanol–water partition coefficient (Wildman–Crippen LogP) is 3.80. The van der Waals surface area contributed by atoms with Crippen molar-refractivity contribution in [2.75, 3.05) is 19.7 Å². The lowest BCUT2D eigenvalue weighted by Crippen LogP contribution is -2.30. The Labute approximate surface area is 134 Å². The van der Waals surface area contributed by atoms with E-state index in [0.29, 0.717) is 5.56 Å². The van der Waals surface area contributed by atoms with Crippen molar-refractivity contribution in [3.8, 4) is 0 Å². The second-order valence-corrected chi connectivity index (χ2v) is 6.50. The highest BCUT2D eigenvalue weighted by Gasteiger charge is 2.23. The second kappa shape index (κ2) is 7.18. The molecule has 2 aromatic rings. The zero-order valence-corrected chi connectivity index (χ0v) is 13.2. The van der Waals surface area contributed by atoms with Gasteiger partial charge in [-0.3, -0.25) is 4.90 Å². The van der Waals surface area contributed by atoms with E-state index in [1.165, 1.54) is 5.56 Å². The van der Waals surface area contributed by atoms with Crippen molar-refractivity contribution in [1.82, 2.24) is 4.90 Å². The van der Waals surface area contributed by atoms with Crippen LogP contribution in [0, 0.1) is 5.13 Å². The van der Waals surface area contributed by atoms with Crippen LogP contribution in [0.4, 0.5) is 4.39 Å². The molecule has 0 radical (unpaired) electrons. The summed E-state index contributed by atoms with van der Waals surface area (Å²) in [5.74, 6) is -0.190. The quantitative estimate of drug-likeness (QED) is 0.848. The Morgan fingerprint density at radius 3 is 2.64 bits per heavy atom. The van der Waals surface area contributed by atoms with Gasteiger partial charge in [-0.05, 0) is 23.4 Å². The van der Waals surface area contributed by atoms with Crippen molar-refractivity contribution in [1.29, 1.82) is 0 Å². The summed E-state index contributed by atoms with van der Waals surface area (Å²) in [5, 5.41) is 11.2. The number of thiophene rings is 1. The third kappa shape index (κ3) is 3.46. The molecule has 22 heavy (non-hydrogen) atoms. The van der Waals surface area contributed by atoms with E-state index < -0.39 is 0 Å². The lowest BCUT2D eigenvalue weighted by molar-refractivity contribution is 0.254. The van der Waals surface area contributed by atoms with E-state index >= 15 is 0 Å². The fourth-order valence-electron chi connectivity index (χ4n) is 3.00. The van der Waals surface area contributed by atoms with E-state index in [9.17, 15) is 9.50 Å². The maximum Gasteiger partial charge on any atom is 0.180 e. The molecule has 0 saturated carbocycles. The molecule has 0 bridgehead atoms. The molecule has 1 aromatic carbocycles. The van der Waals surface area contributed by atoms with Crippen molar-refractivity contribution in [2.24, 2.45) is 0 Å². The summed E-state index contributed by atoms with van der Waals surface area (Å²) >= 11 is 1.10. The molecular formula is C18H20FNOS. The highest BCUT2D eigenvalue weighted by molar-refractivity contribution is 7.08. The number of aliphatic hydroxyl groups is 1. The van der Waals surface area contributed by atoms with Gasteiger partial charge in [0.15, 0.2) is 5.13 Å². The van der Waals surface area contributed by atoms with Crippen molar-refractivity contribution < 1.29 is 9.50 Å². The van der Waals surface area contributed by atoms with E-state index in [0.717, 1.165) is 43.0 Å². The lowest BCUT2D eigenvalue weighted by Gasteiger charge is -2.29. The first kappa shape index (κ1) is 15.4. The van der Waals surface area contributed by atoms with Crippen LogP contribution in [-0.4, -0.2) is 29.7 Å². The van der Waals surface area contributed by atoms with Crippen LogP contribution in [0.15, 0.2) is 53.4 Å². The Bertz CT molecular complexity index is 638. The normalized spacial score (nSPS) is 17.3. The molecule has 0 saturated heterocycles. The minimum atomic E-state index is -0.190. The maximum atomic E-state index is 13.8. The number of nitrogens with zero attached hydrogens (tertiary/aromatic N) is 1. The van der Waals surface area contributed by atoms with Gasteiger partial charge in [0.05, 0.1) is 6.61 Å². The van der Waals surface area contributed by atoms with Crippen molar-refractivity contribution in [3.05, 3.63) is 69.7 Å². The molecule has 2 nitrogen and oxygen atoms in total. The average molecular weight is 317 g/mol. The first-order valence-corrected chi connectivity index (χ1v) is 8.45. The summed E-state index contributed by atoms with van der Waals surface area (Å²) < 4.78 is 13.8. The fourth-order valence-corrected chi connectivity index (χ4v) is 3.68. The molecule has 0 aliphatic carbocycles. The molecule has 116 valence electrons. The molecule has 0 fully saturated rings. The molecule has 1 unspecified atom stereocenters. The Morgan fingerprint density at radius 2 is 2.05 bits per heavy atom. The van der Waals surface area contributed by atoms with E-state index in [-0.39, 0.29) is 17.7 Å². The van der Waals surface area contributed by atoms with E-state index in [2.05, 4.69) is 35.2 Å². The fraction of sp³-hybridized carbons (Fsp3) is 0.333. The zero-order chi connectivity index (χ0) is 15.4. The average Bonchev–Trinajstić information content (AvgIpc) is 2.97. The molecule has 4 heteroatoms. The van der Waals surface area contributed by atoms with Crippen LogP contribution in [0.3, 0.4) is 0 Å². The summed E-state index contributed by atoms with van der Waals surface area (Å²) in [6.07, 6.45) is 3.04. The topological polar surface area (TPSA) is 23.5 Å². The van der Waals surface area contributed by atoms with Gasteiger partial charge in [0.1, 0.15) is 0 Å². The third-order valence-electron chi connectivity index (χ3n) is 4.23. The van der Waals surface area contributed by atoms with Gasteiger partial charge < -0.3 is 5.11 Å². The molecule has 0 spiro atoms. The van der Waals surface area contributed by atoms with Gasteiger partial charge in [0.25, 0.3) is 0 Å². The number of halogens is 1. The van der Waals surface area contributed by atoms with Gasteiger partial charge in [0, 0.05) is 31.1 Å². The van der Waals surface area contributed by atoms with Crippen LogP contribution in [0.25, 0.3) is 0 Å². The van der Waals surface area contributed by atoms with Crippen molar-refractivity contribution >= 4 is 11.3 Å². The first-order valence-electron chi connectivity index (χ1n) is 7.57. The number of hydrogen-bond acceptors (Lipinski definition) is 3. The molecule has 2 heterocycles. The zero-order valence-electron chi connectivity index (χ0n) is 12.4. The number of benzene rings is 1. The number of hydrogen-bond donors (Lipinski definition) is 1. The largest absolute Gasteiger partial charge is 0.395 e. The van der Waals surface area contributed by atoms with Gasteiger partial charge in [0.2, 0.25) is 0 Å². The SMILES string of the molecule is OCC(C1=CCN(Cc2ccccc2)CC1)c1ccsc1F. The molecule has 1 aliphatic rings. The molecule has 1 aliphatic heterocycles. The van der Waals surface area contributed by atoms with E-state index in [1.807, 2.05) is 6.07 Å². The van der Waals surface area contributed by atoms with E-state index in [4.69, 9.17) is 0 Å². The van der Waals surface area contributed by atoms with Gasteiger partial charge in [-0.2, -0.15) is 4.39 Å². The summed E-state index contributed by atoms with van der Waals surface area (Å²) in [5.41, 5.74) is 3.10.